The SMILES string of the molecule is CCN(CC)C(=S)S.CCN(CC)C(=S)S.[Ni+2]. The van der Waals surface area contributed by atoms with E-state index >= 15 is 0 Å². The molecule has 0 N–H and O–H groups in total. The van der Waals surface area contributed by atoms with Crippen molar-refractivity contribution in [3.8, 4) is 0 Å². The van der Waals surface area contributed by atoms with Crippen molar-refractivity contribution >= 4 is 58.3 Å². The van der Waals surface area contributed by atoms with Crippen molar-refractivity contribution in [1.29, 1.82) is 0 Å². The van der Waals surface area contributed by atoms with Crippen LogP contribution in [0.5, 0.6) is 0 Å². The summed E-state index contributed by atoms with van der Waals surface area (Å²) in [6.45, 7) is 12.1. The Morgan fingerprint density at radius 3 is 0.941 bits per heavy atom. The van der Waals surface area contributed by atoms with Gasteiger partial charge < -0.3 is 9.80 Å². The zero-order chi connectivity index (χ0) is 13.1. The molecule has 0 unspecified atom stereocenters. The molecule has 0 aromatic rings. The van der Waals surface area contributed by atoms with Crippen molar-refractivity contribution in [3.05, 3.63) is 0 Å². The first kappa shape index (κ1) is 23.1. The molecule has 0 aliphatic heterocycles. The molecule has 0 spiro atoms. The van der Waals surface area contributed by atoms with Crippen molar-refractivity contribution in [3.63, 3.8) is 0 Å². The predicted octanol–water partition coefficient (Wildman–Crippen LogP) is 3.08. The Kier molecular flexibility index (Phi) is 20.4. The summed E-state index contributed by atoms with van der Waals surface area (Å²) in [5, 5.41) is 0. The van der Waals surface area contributed by atoms with E-state index in [1.54, 1.807) is 0 Å². The molecule has 0 aromatic heterocycles. The van der Waals surface area contributed by atoms with Gasteiger partial charge in [-0.25, -0.2) is 0 Å². The number of hydrogen-bond acceptors (Lipinski definition) is 2. The van der Waals surface area contributed by atoms with Gasteiger partial charge in [0.25, 0.3) is 0 Å². The first-order valence-electron chi connectivity index (χ1n) is 5.40. The Balaban J connectivity index is -0.000000218. The third-order valence-corrected chi connectivity index (χ3v) is 3.15. The quantitative estimate of drug-likeness (QED) is 0.453. The van der Waals surface area contributed by atoms with Crippen LogP contribution in [0.3, 0.4) is 0 Å². The summed E-state index contributed by atoms with van der Waals surface area (Å²) in [5.74, 6) is 0. The monoisotopic (exact) mass is 356 g/mol. The van der Waals surface area contributed by atoms with E-state index in [1.165, 1.54) is 0 Å². The molecule has 0 rings (SSSR count). The van der Waals surface area contributed by atoms with Crippen LogP contribution in [0.2, 0.25) is 0 Å². The summed E-state index contributed by atoms with van der Waals surface area (Å²) in [5.41, 5.74) is 0. The zero-order valence-electron chi connectivity index (χ0n) is 10.8. The number of thiocarbonyl (C=S) groups is 2. The van der Waals surface area contributed by atoms with E-state index in [1.807, 2.05) is 9.80 Å². The summed E-state index contributed by atoms with van der Waals surface area (Å²) >= 11 is 17.6. The van der Waals surface area contributed by atoms with E-state index in [0.29, 0.717) is 8.64 Å². The number of hydrogen-bond donors (Lipinski definition) is 2. The smallest absolute Gasteiger partial charge is 0.358 e. The predicted molar refractivity (Wildman–Crippen MR) is 89.0 cm³/mol. The van der Waals surface area contributed by atoms with Gasteiger partial charge in [-0.2, -0.15) is 0 Å². The standard InChI is InChI=1S/2C5H11NS2.Ni/c2*1-3-6(4-2)5(7)8;/h2*3-4H2,1-2H3,(H,7,8);/q;;+2. The maximum Gasteiger partial charge on any atom is 2.00 e. The van der Waals surface area contributed by atoms with Crippen LogP contribution in [0, 0.1) is 0 Å². The van der Waals surface area contributed by atoms with Gasteiger partial charge >= 0.3 is 16.5 Å². The van der Waals surface area contributed by atoms with Gasteiger partial charge in [0.1, 0.15) is 8.64 Å². The zero-order valence-corrected chi connectivity index (χ0v) is 15.2. The second kappa shape index (κ2) is 15.0. The Labute approximate surface area is 138 Å². The van der Waals surface area contributed by atoms with Gasteiger partial charge in [-0.05, 0) is 27.7 Å². The summed E-state index contributed by atoms with van der Waals surface area (Å²) in [6.07, 6.45) is 0. The number of nitrogens with zero attached hydrogens (tertiary/aromatic N) is 2. The van der Waals surface area contributed by atoms with Gasteiger partial charge in [-0.1, -0.05) is 24.4 Å². The fourth-order valence-corrected chi connectivity index (χ4v) is 2.07. The second-order valence-corrected chi connectivity index (χ2v) is 5.14. The average molecular weight is 357 g/mol. The normalized spacial score (nSPS) is 8.35. The topological polar surface area (TPSA) is 6.48 Å². The number of thiol groups is 2. The van der Waals surface area contributed by atoms with Gasteiger partial charge in [-0.3, -0.25) is 0 Å². The molecule has 0 heterocycles. The molecule has 0 radical (unpaired) electrons. The Bertz CT molecular complexity index is 184. The van der Waals surface area contributed by atoms with Crippen LogP contribution in [0.4, 0.5) is 0 Å². The van der Waals surface area contributed by atoms with E-state index in [-0.39, 0.29) is 16.5 Å². The van der Waals surface area contributed by atoms with Crippen LogP contribution in [0.15, 0.2) is 0 Å². The van der Waals surface area contributed by atoms with E-state index in [0.717, 1.165) is 26.2 Å². The molecule has 104 valence electrons. The molecular formula is C10H22N2NiS4+2. The van der Waals surface area contributed by atoms with Gasteiger partial charge in [0, 0.05) is 26.2 Å². The summed E-state index contributed by atoms with van der Waals surface area (Å²) in [7, 11) is 0. The first-order chi connectivity index (χ1) is 7.44. The minimum absolute atomic E-state index is 0. The molecule has 7 heteroatoms. The van der Waals surface area contributed by atoms with Crippen LogP contribution in [-0.4, -0.2) is 44.6 Å². The van der Waals surface area contributed by atoms with E-state index in [2.05, 4.69) is 53.0 Å². The molecule has 0 aromatic carbocycles. The fourth-order valence-electron chi connectivity index (χ4n) is 0.988. The fraction of sp³-hybridized carbons (Fsp3) is 0.800. The van der Waals surface area contributed by atoms with E-state index < -0.39 is 0 Å². The van der Waals surface area contributed by atoms with Crippen molar-refractivity contribution < 1.29 is 16.5 Å². The molecule has 0 atom stereocenters. The average Bonchev–Trinajstić information content (AvgIpc) is 2.21. The number of rotatable bonds is 4. The maximum atomic E-state index is 4.81. The third kappa shape index (κ3) is 13.2. The molecule has 17 heavy (non-hydrogen) atoms. The minimum atomic E-state index is 0. The minimum Gasteiger partial charge on any atom is -0.358 e. The summed E-state index contributed by atoms with van der Waals surface area (Å²) < 4.78 is 1.38. The first-order valence-corrected chi connectivity index (χ1v) is 7.11. The molecule has 0 aliphatic carbocycles. The second-order valence-electron chi connectivity index (χ2n) is 2.91. The summed E-state index contributed by atoms with van der Waals surface area (Å²) in [6, 6.07) is 0. The van der Waals surface area contributed by atoms with Crippen LogP contribution in [0.1, 0.15) is 27.7 Å². The summed E-state index contributed by atoms with van der Waals surface area (Å²) in [4.78, 5) is 4.02. The van der Waals surface area contributed by atoms with Gasteiger partial charge in [0.05, 0.1) is 0 Å². The van der Waals surface area contributed by atoms with Crippen molar-refractivity contribution in [2.24, 2.45) is 0 Å². The molecule has 0 saturated carbocycles. The largest absolute Gasteiger partial charge is 2.00 e. The van der Waals surface area contributed by atoms with Gasteiger partial charge in [0.15, 0.2) is 0 Å². The molecular weight excluding hydrogens is 335 g/mol. The Morgan fingerprint density at radius 1 is 0.765 bits per heavy atom. The molecule has 0 amide bonds. The van der Waals surface area contributed by atoms with Crippen LogP contribution in [-0.2, 0) is 16.5 Å². The van der Waals surface area contributed by atoms with Crippen LogP contribution in [0.25, 0.3) is 0 Å². The van der Waals surface area contributed by atoms with E-state index in [4.69, 9.17) is 24.4 Å². The maximum absolute atomic E-state index is 4.81. The van der Waals surface area contributed by atoms with Crippen molar-refractivity contribution in [2.45, 2.75) is 27.7 Å². The molecule has 0 aliphatic rings. The Morgan fingerprint density at radius 2 is 0.941 bits per heavy atom. The molecule has 0 bridgehead atoms. The van der Waals surface area contributed by atoms with Crippen LogP contribution < -0.4 is 0 Å². The van der Waals surface area contributed by atoms with Crippen LogP contribution >= 0.6 is 49.7 Å². The van der Waals surface area contributed by atoms with Crippen molar-refractivity contribution in [1.82, 2.24) is 9.80 Å². The molecule has 2 nitrogen and oxygen atoms in total. The Hall–Kier alpha value is 0.974. The third-order valence-electron chi connectivity index (χ3n) is 2.07. The van der Waals surface area contributed by atoms with E-state index in [9.17, 15) is 0 Å². The molecule has 0 saturated heterocycles. The van der Waals surface area contributed by atoms with Crippen molar-refractivity contribution in [2.75, 3.05) is 26.2 Å². The van der Waals surface area contributed by atoms with Gasteiger partial charge in [0.2, 0.25) is 0 Å². The van der Waals surface area contributed by atoms with Gasteiger partial charge in [-0.15, -0.1) is 25.3 Å². The molecule has 0 fully saturated rings.